The number of hydrogen-bond donors (Lipinski definition) is 1. The predicted molar refractivity (Wildman–Crippen MR) is 71.8 cm³/mol. The summed E-state index contributed by atoms with van der Waals surface area (Å²) < 4.78 is 0. The Labute approximate surface area is 101 Å². The van der Waals surface area contributed by atoms with Gasteiger partial charge in [0.1, 0.15) is 0 Å². The largest absolute Gasteiger partial charge is 0.370 e. The average Bonchev–Trinajstić information content (AvgIpc) is 1.99. The first-order chi connectivity index (χ1) is 7.17. The highest BCUT2D eigenvalue weighted by Gasteiger charge is 2.17. The van der Waals surface area contributed by atoms with Gasteiger partial charge in [-0.3, -0.25) is 0 Å². The number of guanidine groups is 1. The van der Waals surface area contributed by atoms with Gasteiger partial charge < -0.3 is 15.5 Å². The number of aliphatic imine (C=N–C) groups is 1. The van der Waals surface area contributed by atoms with Crippen LogP contribution in [0.15, 0.2) is 4.99 Å². The molecule has 0 fully saturated rings. The number of nitrogens with zero attached hydrogens (tertiary/aromatic N) is 3. The van der Waals surface area contributed by atoms with Gasteiger partial charge >= 0.3 is 0 Å². The van der Waals surface area contributed by atoms with Crippen LogP contribution in [-0.4, -0.2) is 54.5 Å². The first kappa shape index (κ1) is 15.2. The van der Waals surface area contributed by atoms with Crippen LogP contribution in [0.25, 0.3) is 0 Å². The second-order valence-electron chi connectivity index (χ2n) is 5.54. The Kier molecular flexibility index (Phi) is 5.79. The zero-order valence-electron chi connectivity index (χ0n) is 11.9. The van der Waals surface area contributed by atoms with E-state index >= 15 is 0 Å². The van der Waals surface area contributed by atoms with Gasteiger partial charge in [0, 0.05) is 19.1 Å². The van der Waals surface area contributed by atoms with Gasteiger partial charge in [0.2, 0.25) is 0 Å². The molecule has 0 amide bonds. The topological polar surface area (TPSA) is 44.9 Å². The maximum Gasteiger partial charge on any atom is 0.192 e. The van der Waals surface area contributed by atoms with E-state index in [9.17, 15) is 0 Å². The Bertz CT molecular complexity index is 228. The van der Waals surface area contributed by atoms with Gasteiger partial charge in [-0.2, -0.15) is 0 Å². The molecule has 0 aromatic carbocycles. The molecule has 0 aliphatic rings. The van der Waals surface area contributed by atoms with Gasteiger partial charge in [0.15, 0.2) is 5.96 Å². The highest BCUT2D eigenvalue weighted by atomic mass is 15.3. The van der Waals surface area contributed by atoms with Gasteiger partial charge in [-0.1, -0.05) is 0 Å². The van der Waals surface area contributed by atoms with E-state index < -0.39 is 0 Å². The summed E-state index contributed by atoms with van der Waals surface area (Å²) in [6, 6.07) is 0.381. The fourth-order valence-corrected chi connectivity index (χ4v) is 1.73. The Hall–Kier alpha value is -0.770. The van der Waals surface area contributed by atoms with Crippen molar-refractivity contribution in [3.63, 3.8) is 0 Å². The monoisotopic (exact) mass is 228 g/mol. The fraction of sp³-hybridized carbons (Fsp3) is 0.917. The van der Waals surface area contributed by atoms with Gasteiger partial charge in [-0.05, 0) is 48.7 Å². The molecule has 1 unspecified atom stereocenters. The van der Waals surface area contributed by atoms with Gasteiger partial charge in [0.05, 0.1) is 5.54 Å². The van der Waals surface area contributed by atoms with Gasteiger partial charge in [-0.15, -0.1) is 0 Å². The van der Waals surface area contributed by atoms with E-state index in [1.54, 1.807) is 0 Å². The molecule has 16 heavy (non-hydrogen) atoms. The summed E-state index contributed by atoms with van der Waals surface area (Å²) in [5, 5.41) is 0. The molecule has 0 bridgehead atoms. The molecule has 0 heterocycles. The molecule has 0 spiro atoms. The summed E-state index contributed by atoms with van der Waals surface area (Å²) >= 11 is 0. The molecule has 0 saturated heterocycles. The molecule has 96 valence electrons. The van der Waals surface area contributed by atoms with Crippen LogP contribution in [-0.2, 0) is 0 Å². The van der Waals surface area contributed by atoms with Crippen molar-refractivity contribution < 1.29 is 0 Å². The van der Waals surface area contributed by atoms with Crippen molar-refractivity contribution in [2.24, 2.45) is 10.7 Å². The standard InChI is InChI=1S/C12H28N4/c1-8-16(10(2)9-15(6)7)11(13)14-12(3,4)5/h10H,8-9H2,1-7H3,(H2,13,14). The van der Waals surface area contributed by atoms with E-state index in [-0.39, 0.29) is 5.54 Å². The van der Waals surface area contributed by atoms with Crippen LogP contribution in [0.3, 0.4) is 0 Å². The lowest BCUT2D eigenvalue weighted by Crippen LogP contribution is -2.48. The molecule has 0 aliphatic carbocycles. The maximum atomic E-state index is 6.05. The average molecular weight is 228 g/mol. The fourth-order valence-electron chi connectivity index (χ4n) is 1.73. The van der Waals surface area contributed by atoms with Crippen LogP contribution in [0, 0.1) is 0 Å². The third-order valence-corrected chi connectivity index (χ3v) is 2.25. The minimum absolute atomic E-state index is 0.116. The van der Waals surface area contributed by atoms with E-state index in [1.807, 2.05) is 0 Å². The van der Waals surface area contributed by atoms with E-state index in [0.717, 1.165) is 13.1 Å². The second-order valence-corrected chi connectivity index (χ2v) is 5.54. The third-order valence-electron chi connectivity index (χ3n) is 2.25. The SMILES string of the molecule is CCN(C(N)=NC(C)(C)C)C(C)CN(C)C. The number of hydrogen-bond acceptors (Lipinski definition) is 2. The van der Waals surface area contributed by atoms with Crippen LogP contribution in [0.2, 0.25) is 0 Å². The summed E-state index contributed by atoms with van der Waals surface area (Å²) in [4.78, 5) is 8.82. The first-order valence-electron chi connectivity index (χ1n) is 5.94. The Morgan fingerprint density at radius 3 is 2.12 bits per heavy atom. The predicted octanol–water partition coefficient (Wildman–Crippen LogP) is 1.37. The number of nitrogens with two attached hydrogens (primary N) is 1. The molecule has 4 heteroatoms. The summed E-state index contributed by atoms with van der Waals surface area (Å²) in [6.07, 6.45) is 0. The number of rotatable bonds is 4. The van der Waals surface area contributed by atoms with Crippen LogP contribution >= 0.6 is 0 Å². The van der Waals surface area contributed by atoms with Crippen molar-refractivity contribution in [3.05, 3.63) is 0 Å². The lowest BCUT2D eigenvalue weighted by Gasteiger charge is -2.32. The van der Waals surface area contributed by atoms with Crippen LogP contribution in [0.1, 0.15) is 34.6 Å². The molecule has 0 aromatic heterocycles. The maximum absolute atomic E-state index is 6.05. The Balaban J connectivity index is 4.66. The summed E-state index contributed by atoms with van der Waals surface area (Å²) in [5.74, 6) is 0.643. The third kappa shape index (κ3) is 5.95. The Morgan fingerprint density at radius 2 is 1.81 bits per heavy atom. The van der Waals surface area contributed by atoms with E-state index in [4.69, 9.17) is 5.73 Å². The highest BCUT2D eigenvalue weighted by molar-refractivity contribution is 5.78. The van der Waals surface area contributed by atoms with Crippen LogP contribution in [0.5, 0.6) is 0 Å². The molecule has 4 nitrogen and oxygen atoms in total. The van der Waals surface area contributed by atoms with E-state index in [2.05, 4.69) is 63.5 Å². The van der Waals surface area contributed by atoms with Crippen molar-refractivity contribution >= 4 is 5.96 Å². The number of likely N-dealkylation sites (N-methyl/N-ethyl adjacent to an activating group) is 2. The molecule has 1 atom stereocenters. The summed E-state index contributed by atoms with van der Waals surface area (Å²) in [7, 11) is 4.14. The summed E-state index contributed by atoms with van der Waals surface area (Å²) in [5.41, 5.74) is 5.93. The minimum Gasteiger partial charge on any atom is -0.370 e. The molecule has 0 saturated carbocycles. The quantitative estimate of drug-likeness (QED) is 0.584. The molecule has 0 aromatic rings. The lowest BCUT2D eigenvalue weighted by atomic mass is 10.1. The normalized spacial score (nSPS) is 15.4. The summed E-state index contributed by atoms with van der Waals surface area (Å²) in [6.45, 7) is 12.3. The smallest absolute Gasteiger partial charge is 0.192 e. The minimum atomic E-state index is -0.116. The van der Waals surface area contributed by atoms with E-state index in [1.165, 1.54) is 0 Å². The highest BCUT2D eigenvalue weighted by Crippen LogP contribution is 2.08. The van der Waals surface area contributed by atoms with Crippen molar-refractivity contribution in [2.75, 3.05) is 27.2 Å². The molecule has 0 rings (SSSR count). The molecule has 2 N–H and O–H groups in total. The molecule has 0 aliphatic heterocycles. The van der Waals surface area contributed by atoms with E-state index in [0.29, 0.717) is 12.0 Å². The molecular formula is C12H28N4. The van der Waals surface area contributed by atoms with Crippen molar-refractivity contribution in [2.45, 2.75) is 46.2 Å². The molecular weight excluding hydrogens is 200 g/mol. The zero-order chi connectivity index (χ0) is 12.9. The van der Waals surface area contributed by atoms with Gasteiger partial charge in [0.25, 0.3) is 0 Å². The first-order valence-corrected chi connectivity index (χ1v) is 5.94. The van der Waals surface area contributed by atoms with Crippen molar-refractivity contribution in [1.29, 1.82) is 0 Å². The Morgan fingerprint density at radius 1 is 1.31 bits per heavy atom. The van der Waals surface area contributed by atoms with Crippen molar-refractivity contribution in [1.82, 2.24) is 9.80 Å². The lowest BCUT2D eigenvalue weighted by molar-refractivity contribution is 0.260. The van der Waals surface area contributed by atoms with Crippen LogP contribution in [0.4, 0.5) is 0 Å². The van der Waals surface area contributed by atoms with Crippen molar-refractivity contribution in [3.8, 4) is 0 Å². The molecule has 0 radical (unpaired) electrons. The second kappa shape index (κ2) is 6.09. The van der Waals surface area contributed by atoms with Crippen LogP contribution < -0.4 is 5.73 Å². The van der Waals surface area contributed by atoms with Gasteiger partial charge in [-0.25, -0.2) is 4.99 Å². The zero-order valence-corrected chi connectivity index (χ0v) is 11.9.